The molecule has 2 aromatic carbocycles. The van der Waals surface area contributed by atoms with Gasteiger partial charge in [-0.05, 0) is 56.0 Å². The predicted octanol–water partition coefficient (Wildman–Crippen LogP) is 4.72. The highest BCUT2D eigenvalue weighted by atomic mass is 16.7. The first-order valence-corrected chi connectivity index (χ1v) is 11.9. The topological polar surface area (TPSA) is 68.2 Å². The van der Waals surface area contributed by atoms with E-state index in [2.05, 4.69) is 0 Å². The van der Waals surface area contributed by atoms with Crippen molar-refractivity contribution in [3.8, 4) is 17.2 Å². The van der Waals surface area contributed by atoms with Crippen molar-refractivity contribution in [2.75, 3.05) is 19.9 Å². The van der Waals surface area contributed by atoms with Gasteiger partial charge in [-0.1, -0.05) is 37.1 Å². The van der Waals surface area contributed by atoms with Crippen LogP contribution in [0.4, 0.5) is 0 Å². The second-order valence-electron chi connectivity index (χ2n) is 9.10. The van der Waals surface area contributed by atoms with Gasteiger partial charge in [-0.15, -0.1) is 0 Å². The van der Waals surface area contributed by atoms with Crippen LogP contribution >= 0.6 is 0 Å². The fraction of sp³-hybridized carbons (Fsp3) is 0.444. The van der Waals surface area contributed by atoms with E-state index in [1.807, 2.05) is 60.4 Å². The molecule has 1 saturated heterocycles. The van der Waals surface area contributed by atoms with E-state index in [0.717, 1.165) is 48.3 Å². The Hall–Kier alpha value is -2.99. The van der Waals surface area contributed by atoms with Crippen molar-refractivity contribution in [2.45, 2.75) is 50.7 Å². The summed E-state index contributed by atoms with van der Waals surface area (Å²) in [5.74, 6) is 2.13. The molecule has 5 rings (SSSR count). The standard InChI is InChI=1S/C27H31NO5/c1-2-31-22-9-4-3-7-20(22)26-21-8-5-6-14-27(21,30)15-16-28(26)25(29)13-11-19-10-12-23-24(17-19)33-18-32-23/h3-4,7,9-13,17,21,26,30H,2,5-6,8,14-16,18H2,1H3/b13-11+/t21-,26+,27-/m1/s1. The number of hydrogen-bond donors (Lipinski definition) is 1. The monoisotopic (exact) mass is 449 g/mol. The molecule has 2 heterocycles. The van der Waals surface area contributed by atoms with Gasteiger partial charge in [0, 0.05) is 24.1 Å². The first-order valence-electron chi connectivity index (χ1n) is 11.9. The van der Waals surface area contributed by atoms with Crippen molar-refractivity contribution >= 4 is 12.0 Å². The Balaban J connectivity index is 1.46. The second kappa shape index (κ2) is 9.10. The number of carbonyl (C=O) groups is 1. The van der Waals surface area contributed by atoms with Crippen LogP contribution in [0.1, 0.15) is 56.2 Å². The van der Waals surface area contributed by atoms with E-state index in [0.29, 0.717) is 25.3 Å². The molecule has 2 aromatic rings. The lowest BCUT2D eigenvalue weighted by atomic mass is 9.66. The van der Waals surface area contributed by atoms with E-state index < -0.39 is 5.60 Å². The summed E-state index contributed by atoms with van der Waals surface area (Å²) in [7, 11) is 0. The maximum absolute atomic E-state index is 13.5. The molecule has 0 unspecified atom stereocenters. The molecule has 33 heavy (non-hydrogen) atoms. The molecule has 1 N–H and O–H groups in total. The summed E-state index contributed by atoms with van der Waals surface area (Å²) in [5, 5.41) is 11.5. The van der Waals surface area contributed by atoms with Gasteiger partial charge in [0.25, 0.3) is 0 Å². The first kappa shape index (κ1) is 21.8. The van der Waals surface area contributed by atoms with Crippen molar-refractivity contribution < 1.29 is 24.1 Å². The number of likely N-dealkylation sites (tertiary alicyclic amines) is 1. The van der Waals surface area contributed by atoms with Gasteiger partial charge in [0.15, 0.2) is 11.5 Å². The molecule has 1 amide bonds. The van der Waals surface area contributed by atoms with Gasteiger partial charge in [-0.2, -0.15) is 0 Å². The lowest BCUT2D eigenvalue weighted by Crippen LogP contribution is -2.56. The zero-order valence-electron chi connectivity index (χ0n) is 19.0. The highest BCUT2D eigenvalue weighted by Crippen LogP contribution is 2.51. The Kier molecular flexibility index (Phi) is 6.02. The number of fused-ring (bicyclic) bond motifs is 2. The maximum atomic E-state index is 13.5. The van der Waals surface area contributed by atoms with Crippen LogP contribution in [-0.2, 0) is 4.79 Å². The minimum absolute atomic E-state index is 0.00972. The van der Waals surface area contributed by atoms with Gasteiger partial charge in [-0.25, -0.2) is 0 Å². The van der Waals surface area contributed by atoms with Crippen molar-refractivity contribution in [1.29, 1.82) is 0 Å². The normalized spacial score (nSPS) is 26.3. The second-order valence-corrected chi connectivity index (χ2v) is 9.10. The minimum Gasteiger partial charge on any atom is -0.494 e. The van der Waals surface area contributed by atoms with E-state index in [1.54, 1.807) is 6.08 Å². The summed E-state index contributed by atoms with van der Waals surface area (Å²) in [6.45, 7) is 3.26. The molecule has 1 saturated carbocycles. The van der Waals surface area contributed by atoms with Crippen molar-refractivity contribution in [2.24, 2.45) is 5.92 Å². The molecule has 0 radical (unpaired) electrons. The summed E-state index contributed by atoms with van der Waals surface area (Å²) in [5.41, 5.74) is 1.12. The summed E-state index contributed by atoms with van der Waals surface area (Å²) in [4.78, 5) is 15.4. The Bertz CT molecular complexity index is 1050. The third kappa shape index (κ3) is 4.20. The molecule has 2 aliphatic heterocycles. The lowest BCUT2D eigenvalue weighted by Gasteiger charge is -2.52. The number of ether oxygens (including phenoxy) is 3. The lowest BCUT2D eigenvalue weighted by molar-refractivity contribution is -0.151. The molecular formula is C27H31NO5. The smallest absolute Gasteiger partial charge is 0.247 e. The first-order chi connectivity index (χ1) is 16.1. The number of nitrogens with zero attached hydrogens (tertiary/aromatic N) is 1. The Labute approximate surface area is 194 Å². The Morgan fingerprint density at radius 1 is 1.18 bits per heavy atom. The fourth-order valence-corrected chi connectivity index (χ4v) is 5.61. The molecule has 3 aliphatic rings. The van der Waals surface area contributed by atoms with Gasteiger partial charge in [0.1, 0.15) is 5.75 Å². The Morgan fingerprint density at radius 2 is 2.03 bits per heavy atom. The van der Waals surface area contributed by atoms with Gasteiger partial charge in [0.05, 0.1) is 18.2 Å². The van der Waals surface area contributed by atoms with Crippen LogP contribution < -0.4 is 14.2 Å². The van der Waals surface area contributed by atoms with Crippen LogP contribution in [0.2, 0.25) is 0 Å². The number of para-hydroxylation sites is 1. The SMILES string of the molecule is CCOc1ccccc1[C@H]1[C@H]2CCCC[C@@]2(O)CCN1C(=O)/C=C/c1ccc2c(c1)OCO2. The number of piperidine rings is 1. The highest BCUT2D eigenvalue weighted by Gasteiger charge is 2.50. The van der Waals surface area contributed by atoms with Crippen LogP contribution in [0, 0.1) is 5.92 Å². The zero-order valence-corrected chi connectivity index (χ0v) is 19.0. The van der Waals surface area contributed by atoms with Crippen LogP contribution in [-0.4, -0.2) is 41.5 Å². The van der Waals surface area contributed by atoms with Gasteiger partial charge in [-0.3, -0.25) is 4.79 Å². The van der Waals surface area contributed by atoms with E-state index >= 15 is 0 Å². The third-order valence-electron chi connectivity index (χ3n) is 7.20. The van der Waals surface area contributed by atoms with Crippen LogP contribution in [0.3, 0.4) is 0 Å². The average molecular weight is 450 g/mol. The molecular weight excluding hydrogens is 418 g/mol. The molecule has 0 aromatic heterocycles. The van der Waals surface area contributed by atoms with Crippen molar-refractivity contribution in [1.82, 2.24) is 4.90 Å². The van der Waals surface area contributed by atoms with E-state index in [4.69, 9.17) is 14.2 Å². The molecule has 174 valence electrons. The highest BCUT2D eigenvalue weighted by molar-refractivity contribution is 5.92. The number of amides is 1. The zero-order chi connectivity index (χ0) is 22.8. The predicted molar refractivity (Wildman–Crippen MR) is 125 cm³/mol. The van der Waals surface area contributed by atoms with Gasteiger partial charge < -0.3 is 24.2 Å². The maximum Gasteiger partial charge on any atom is 0.247 e. The summed E-state index contributed by atoms with van der Waals surface area (Å²) in [6.07, 6.45) is 7.84. The minimum atomic E-state index is -0.736. The van der Waals surface area contributed by atoms with E-state index in [1.165, 1.54) is 0 Å². The molecule has 0 spiro atoms. The quantitative estimate of drug-likeness (QED) is 0.669. The van der Waals surface area contributed by atoms with Crippen LogP contribution in [0.15, 0.2) is 48.5 Å². The molecule has 1 aliphatic carbocycles. The molecule has 2 fully saturated rings. The van der Waals surface area contributed by atoms with E-state index in [-0.39, 0.29) is 24.7 Å². The largest absolute Gasteiger partial charge is 0.494 e. The summed E-state index contributed by atoms with van der Waals surface area (Å²) >= 11 is 0. The number of hydrogen-bond acceptors (Lipinski definition) is 5. The number of benzene rings is 2. The average Bonchev–Trinajstić information content (AvgIpc) is 3.30. The third-order valence-corrected chi connectivity index (χ3v) is 7.20. The van der Waals surface area contributed by atoms with Gasteiger partial charge >= 0.3 is 0 Å². The van der Waals surface area contributed by atoms with E-state index in [9.17, 15) is 9.90 Å². The Morgan fingerprint density at radius 3 is 2.91 bits per heavy atom. The molecule has 0 bridgehead atoms. The fourth-order valence-electron chi connectivity index (χ4n) is 5.61. The van der Waals surface area contributed by atoms with Crippen molar-refractivity contribution in [3.05, 3.63) is 59.7 Å². The van der Waals surface area contributed by atoms with Gasteiger partial charge in [0.2, 0.25) is 12.7 Å². The van der Waals surface area contributed by atoms with Crippen LogP contribution in [0.25, 0.3) is 6.08 Å². The van der Waals surface area contributed by atoms with Crippen molar-refractivity contribution in [3.63, 3.8) is 0 Å². The number of rotatable bonds is 5. The molecule has 6 nitrogen and oxygen atoms in total. The molecule has 6 heteroatoms. The summed E-state index contributed by atoms with van der Waals surface area (Å²) < 4.78 is 16.8. The molecule has 3 atom stereocenters. The summed E-state index contributed by atoms with van der Waals surface area (Å²) in [6, 6.07) is 13.4. The number of aliphatic hydroxyl groups is 1. The number of carbonyl (C=O) groups excluding carboxylic acids is 1. The van der Waals surface area contributed by atoms with Crippen LogP contribution in [0.5, 0.6) is 17.2 Å².